The van der Waals surface area contributed by atoms with Gasteiger partial charge in [0, 0.05) is 25.8 Å². The van der Waals surface area contributed by atoms with Crippen LogP contribution in [0.4, 0.5) is 0 Å². The summed E-state index contributed by atoms with van der Waals surface area (Å²) >= 11 is 0. The highest BCUT2D eigenvalue weighted by Gasteiger charge is 2.25. The Hall–Kier alpha value is -1.83. The zero-order valence-electron chi connectivity index (χ0n) is 12.3. The Bertz CT molecular complexity index is 542. The summed E-state index contributed by atoms with van der Waals surface area (Å²) in [6.07, 6.45) is 2.10. The number of hydrogen-bond donors (Lipinski definition) is 1. The van der Waals surface area contributed by atoms with Crippen LogP contribution in [-0.2, 0) is 4.74 Å². The van der Waals surface area contributed by atoms with E-state index in [1.54, 1.807) is 13.2 Å². The Morgan fingerprint density at radius 2 is 2.29 bits per heavy atom. The molecule has 1 saturated heterocycles. The Morgan fingerprint density at radius 3 is 3.05 bits per heavy atom. The van der Waals surface area contributed by atoms with Crippen LogP contribution in [0.2, 0.25) is 0 Å². The lowest BCUT2D eigenvalue weighted by Gasteiger charge is -2.32. The van der Waals surface area contributed by atoms with E-state index in [1.807, 2.05) is 23.1 Å². The third kappa shape index (κ3) is 4.07. The second-order valence-corrected chi connectivity index (χ2v) is 5.22. The summed E-state index contributed by atoms with van der Waals surface area (Å²) in [5.74, 6) is 5.87. The van der Waals surface area contributed by atoms with Gasteiger partial charge < -0.3 is 14.7 Å². The van der Waals surface area contributed by atoms with Gasteiger partial charge in [-0.05, 0) is 30.9 Å². The molecule has 1 fully saturated rings. The number of hydrogen-bond acceptors (Lipinski definition) is 3. The van der Waals surface area contributed by atoms with Gasteiger partial charge in [-0.25, -0.2) is 0 Å². The smallest absolute Gasteiger partial charge is 0.255 e. The summed E-state index contributed by atoms with van der Waals surface area (Å²) in [6, 6.07) is 7.30. The van der Waals surface area contributed by atoms with Gasteiger partial charge in [0.05, 0.1) is 12.2 Å². The van der Waals surface area contributed by atoms with E-state index in [2.05, 4.69) is 11.8 Å². The van der Waals surface area contributed by atoms with Crippen molar-refractivity contribution in [1.29, 1.82) is 0 Å². The molecule has 1 unspecified atom stereocenters. The quantitative estimate of drug-likeness (QED) is 0.858. The maximum absolute atomic E-state index is 12.7. The number of carbonyl (C=O) groups is 1. The number of ether oxygens (including phenoxy) is 1. The molecule has 1 N–H and O–H groups in total. The number of methoxy groups -OCH3 is 1. The first-order valence-corrected chi connectivity index (χ1v) is 7.23. The molecule has 112 valence electrons. The van der Waals surface area contributed by atoms with Crippen LogP contribution in [0.15, 0.2) is 24.3 Å². The fourth-order valence-corrected chi connectivity index (χ4v) is 2.70. The standard InChI is InChI=1S/C17H21NO3/c1-21-13-14-6-4-10-18(12-14)17(20)16-9-3-2-7-15(16)8-5-11-19/h2-3,7,9,14,19H,4,6,10-13H2,1H3. The Morgan fingerprint density at radius 1 is 1.48 bits per heavy atom. The van der Waals surface area contributed by atoms with Gasteiger partial charge in [0.15, 0.2) is 0 Å². The fourth-order valence-electron chi connectivity index (χ4n) is 2.70. The van der Waals surface area contributed by atoms with Crippen LogP contribution in [0.25, 0.3) is 0 Å². The van der Waals surface area contributed by atoms with Crippen molar-refractivity contribution in [3.05, 3.63) is 35.4 Å². The Labute approximate surface area is 125 Å². The van der Waals surface area contributed by atoms with Gasteiger partial charge in [0.2, 0.25) is 0 Å². The molecule has 0 aliphatic carbocycles. The highest BCUT2D eigenvalue weighted by Crippen LogP contribution is 2.20. The molecule has 0 saturated carbocycles. The highest BCUT2D eigenvalue weighted by molar-refractivity contribution is 5.96. The second-order valence-electron chi connectivity index (χ2n) is 5.22. The first kappa shape index (κ1) is 15.6. The summed E-state index contributed by atoms with van der Waals surface area (Å²) in [5.41, 5.74) is 1.28. The van der Waals surface area contributed by atoms with Crippen LogP contribution in [0.3, 0.4) is 0 Å². The first-order valence-electron chi connectivity index (χ1n) is 7.23. The van der Waals surface area contributed by atoms with Crippen LogP contribution < -0.4 is 0 Å². The maximum atomic E-state index is 12.7. The van der Waals surface area contributed by atoms with Crippen molar-refractivity contribution < 1.29 is 14.6 Å². The third-order valence-corrected chi connectivity index (χ3v) is 3.67. The number of nitrogens with zero attached hydrogens (tertiary/aromatic N) is 1. The van der Waals surface area contributed by atoms with Crippen molar-refractivity contribution in [3.63, 3.8) is 0 Å². The summed E-state index contributed by atoms with van der Waals surface area (Å²) in [6.45, 7) is 1.99. The van der Waals surface area contributed by atoms with Crippen LogP contribution in [0, 0.1) is 17.8 Å². The second kappa shape index (κ2) is 7.82. The van der Waals surface area contributed by atoms with Crippen molar-refractivity contribution in [1.82, 2.24) is 4.90 Å². The topological polar surface area (TPSA) is 49.8 Å². The average molecular weight is 287 g/mol. The van der Waals surface area contributed by atoms with Gasteiger partial charge in [-0.1, -0.05) is 24.0 Å². The number of rotatable bonds is 3. The molecular weight excluding hydrogens is 266 g/mol. The van der Waals surface area contributed by atoms with Crippen LogP contribution in [-0.4, -0.2) is 49.3 Å². The molecule has 1 aromatic rings. The average Bonchev–Trinajstić information content (AvgIpc) is 2.53. The molecule has 1 amide bonds. The van der Waals surface area contributed by atoms with Crippen LogP contribution >= 0.6 is 0 Å². The van der Waals surface area contributed by atoms with Crippen molar-refractivity contribution in [2.75, 3.05) is 33.4 Å². The molecule has 0 aromatic heterocycles. The van der Waals surface area contributed by atoms with Gasteiger partial charge in [-0.2, -0.15) is 0 Å². The SMILES string of the molecule is COCC1CCCN(C(=O)c2ccccc2C#CCO)C1. The molecule has 4 heteroatoms. The van der Waals surface area contributed by atoms with Gasteiger partial charge in [0.25, 0.3) is 5.91 Å². The van der Waals surface area contributed by atoms with Crippen LogP contribution in [0.5, 0.6) is 0 Å². The van der Waals surface area contributed by atoms with Gasteiger partial charge in [0.1, 0.15) is 6.61 Å². The number of amides is 1. The number of piperidine rings is 1. The number of benzene rings is 1. The molecule has 21 heavy (non-hydrogen) atoms. The lowest BCUT2D eigenvalue weighted by Crippen LogP contribution is -2.41. The monoisotopic (exact) mass is 287 g/mol. The minimum Gasteiger partial charge on any atom is -0.384 e. The molecule has 0 bridgehead atoms. The van der Waals surface area contributed by atoms with E-state index in [1.165, 1.54) is 0 Å². The van der Waals surface area contributed by atoms with Crippen molar-refractivity contribution >= 4 is 5.91 Å². The molecule has 1 atom stereocenters. The van der Waals surface area contributed by atoms with E-state index in [4.69, 9.17) is 9.84 Å². The van der Waals surface area contributed by atoms with E-state index in [9.17, 15) is 4.79 Å². The molecule has 1 aromatic carbocycles. The van der Waals surface area contributed by atoms with E-state index in [0.717, 1.165) is 25.9 Å². The zero-order chi connectivity index (χ0) is 15.1. The first-order chi connectivity index (χ1) is 10.3. The van der Waals surface area contributed by atoms with Crippen molar-refractivity contribution in [2.45, 2.75) is 12.8 Å². The molecule has 1 heterocycles. The summed E-state index contributed by atoms with van der Waals surface area (Å²) in [5, 5.41) is 8.82. The Kier molecular flexibility index (Phi) is 5.79. The maximum Gasteiger partial charge on any atom is 0.255 e. The Balaban J connectivity index is 2.16. The van der Waals surface area contributed by atoms with E-state index >= 15 is 0 Å². The highest BCUT2D eigenvalue weighted by atomic mass is 16.5. The lowest BCUT2D eigenvalue weighted by atomic mass is 9.97. The zero-order valence-corrected chi connectivity index (χ0v) is 12.3. The molecular formula is C17H21NO3. The minimum atomic E-state index is -0.206. The molecule has 0 radical (unpaired) electrons. The lowest BCUT2D eigenvalue weighted by molar-refractivity contribution is 0.0570. The number of likely N-dealkylation sites (tertiary alicyclic amines) is 1. The molecule has 0 spiro atoms. The molecule has 1 aliphatic rings. The van der Waals surface area contributed by atoms with Crippen LogP contribution in [0.1, 0.15) is 28.8 Å². The van der Waals surface area contributed by atoms with E-state index in [0.29, 0.717) is 23.7 Å². The molecule has 1 aliphatic heterocycles. The predicted molar refractivity (Wildman–Crippen MR) is 80.9 cm³/mol. The predicted octanol–water partition coefficient (Wildman–Crippen LogP) is 1.53. The fraction of sp³-hybridized carbons (Fsp3) is 0.471. The van der Waals surface area contributed by atoms with Crippen molar-refractivity contribution in [3.8, 4) is 11.8 Å². The number of carbonyl (C=O) groups excluding carboxylic acids is 1. The van der Waals surface area contributed by atoms with E-state index in [-0.39, 0.29) is 12.5 Å². The minimum absolute atomic E-state index is 0.0126. The van der Waals surface area contributed by atoms with E-state index < -0.39 is 0 Å². The van der Waals surface area contributed by atoms with Gasteiger partial charge >= 0.3 is 0 Å². The third-order valence-electron chi connectivity index (χ3n) is 3.67. The summed E-state index contributed by atoms with van der Waals surface area (Å²) < 4.78 is 5.20. The summed E-state index contributed by atoms with van der Waals surface area (Å²) in [7, 11) is 1.69. The number of aliphatic hydroxyl groups is 1. The number of aliphatic hydroxyl groups excluding tert-OH is 1. The molecule has 4 nitrogen and oxygen atoms in total. The van der Waals surface area contributed by atoms with Gasteiger partial charge in [-0.15, -0.1) is 0 Å². The normalized spacial score (nSPS) is 18.0. The summed E-state index contributed by atoms with van der Waals surface area (Å²) in [4.78, 5) is 14.6. The largest absolute Gasteiger partial charge is 0.384 e. The van der Waals surface area contributed by atoms with Crippen molar-refractivity contribution in [2.24, 2.45) is 5.92 Å². The molecule has 2 rings (SSSR count). The van der Waals surface area contributed by atoms with Gasteiger partial charge in [-0.3, -0.25) is 4.79 Å².